The molecule has 108 valence electrons. The van der Waals surface area contributed by atoms with E-state index in [0.717, 1.165) is 35.3 Å². The minimum absolute atomic E-state index is 0. The van der Waals surface area contributed by atoms with Crippen molar-refractivity contribution in [2.45, 2.75) is 46.1 Å². The Bertz CT molecular complexity index is 442. The second kappa shape index (κ2) is 6.83. The SMILES string of the molecule is Cc1cc(OCC2CC2)c(Cl)c(C)c1CC(C)N.Cl. The first-order valence-corrected chi connectivity index (χ1v) is 7.03. The van der Waals surface area contributed by atoms with Crippen LogP contribution in [0.5, 0.6) is 5.75 Å². The van der Waals surface area contributed by atoms with Gasteiger partial charge in [-0.05, 0) is 68.7 Å². The summed E-state index contributed by atoms with van der Waals surface area (Å²) >= 11 is 6.39. The van der Waals surface area contributed by atoms with E-state index in [9.17, 15) is 0 Å². The predicted molar refractivity (Wildman–Crippen MR) is 83.7 cm³/mol. The standard InChI is InChI=1S/C15H22ClNO.ClH/c1-9-6-14(18-8-12-4-5-12)15(16)11(3)13(9)7-10(2)17;/h6,10,12H,4-5,7-8,17H2,1-3H3;1H. The van der Waals surface area contributed by atoms with Crippen LogP contribution in [0.4, 0.5) is 0 Å². The molecule has 0 radical (unpaired) electrons. The molecule has 0 bridgehead atoms. The Hall–Kier alpha value is -0.440. The van der Waals surface area contributed by atoms with Gasteiger partial charge in [0.1, 0.15) is 5.75 Å². The minimum Gasteiger partial charge on any atom is -0.492 e. The number of hydrogen-bond donors (Lipinski definition) is 1. The van der Waals surface area contributed by atoms with Crippen LogP contribution in [0.15, 0.2) is 6.07 Å². The molecule has 0 spiro atoms. The van der Waals surface area contributed by atoms with Gasteiger partial charge in [0.2, 0.25) is 0 Å². The van der Waals surface area contributed by atoms with Gasteiger partial charge in [0.05, 0.1) is 11.6 Å². The average molecular weight is 304 g/mol. The lowest BCUT2D eigenvalue weighted by molar-refractivity contribution is 0.299. The van der Waals surface area contributed by atoms with E-state index in [-0.39, 0.29) is 18.4 Å². The number of benzene rings is 1. The van der Waals surface area contributed by atoms with Crippen molar-refractivity contribution in [2.24, 2.45) is 11.7 Å². The third-order valence-corrected chi connectivity index (χ3v) is 3.99. The Labute approximate surface area is 127 Å². The third-order valence-electron chi connectivity index (χ3n) is 3.52. The molecule has 2 nitrogen and oxygen atoms in total. The molecule has 1 aliphatic rings. The Morgan fingerprint density at radius 3 is 2.58 bits per heavy atom. The maximum Gasteiger partial charge on any atom is 0.138 e. The monoisotopic (exact) mass is 303 g/mol. The lowest BCUT2D eigenvalue weighted by Crippen LogP contribution is -2.19. The van der Waals surface area contributed by atoms with Crippen molar-refractivity contribution in [2.75, 3.05) is 6.61 Å². The van der Waals surface area contributed by atoms with E-state index >= 15 is 0 Å². The molecule has 0 amide bonds. The average Bonchev–Trinajstić information content (AvgIpc) is 3.11. The van der Waals surface area contributed by atoms with Crippen molar-refractivity contribution in [3.05, 3.63) is 27.8 Å². The summed E-state index contributed by atoms with van der Waals surface area (Å²) in [5.74, 6) is 1.57. The molecule has 0 aromatic heterocycles. The zero-order chi connectivity index (χ0) is 13.3. The van der Waals surface area contributed by atoms with Gasteiger partial charge in [-0.2, -0.15) is 0 Å². The number of hydrogen-bond acceptors (Lipinski definition) is 2. The Morgan fingerprint density at radius 1 is 1.42 bits per heavy atom. The smallest absolute Gasteiger partial charge is 0.138 e. The van der Waals surface area contributed by atoms with Crippen LogP contribution >= 0.6 is 24.0 Å². The van der Waals surface area contributed by atoms with Gasteiger partial charge in [-0.3, -0.25) is 0 Å². The van der Waals surface area contributed by atoms with Gasteiger partial charge >= 0.3 is 0 Å². The highest BCUT2D eigenvalue weighted by atomic mass is 35.5. The fourth-order valence-electron chi connectivity index (χ4n) is 2.19. The fourth-order valence-corrected chi connectivity index (χ4v) is 2.42. The molecule has 2 rings (SSSR count). The van der Waals surface area contributed by atoms with E-state index in [4.69, 9.17) is 22.1 Å². The van der Waals surface area contributed by atoms with Crippen molar-refractivity contribution >= 4 is 24.0 Å². The molecular weight excluding hydrogens is 281 g/mol. The minimum atomic E-state index is 0. The third kappa shape index (κ3) is 4.27. The molecule has 1 aliphatic carbocycles. The highest BCUT2D eigenvalue weighted by Gasteiger charge is 2.23. The van der Waals surface area contributed by atoms with E-state index < -0.39 is 0 Å². The Morgan fingerprint density at radius 2 is 2.05 bits per heavy atom. The molecule has 1 fully saturated rings. The molecular formula is C15H23Cl2NO. The molecule has 1 unspecified atom stereocenters. The van der Waals surface area contributed by atoms with Crippen LogP contribution in [0, 0.1) is 19.8 Å². The van der Waals surface area contributed by atoms with Gasteiger partial charge in [0, 0.05) is 6.04 Å². The van der Waals surface area contributed by atoms with Gasteiger partial charge in [0.15, 0.2) is 0 Å². The summed E-state index contributed by atoms with van der Waals surface area (Å²) in [6.07, 6.45) is 3.44. The largest absolute Gasteiger partial charge is 0.492 e. The van der Waals surface area contributed by atoms with Crippen molar-refractivity contribution in [3.63, 3.8) is 0 Å². The first-order valence-electron chi connectivity index (χ1n) is 6.66. The van der Waals surface area contributed by atoms with Crippen LogP contribution in [0.1, 0.15) is 36.5 Å². The van der Waals surface area contributed by atoms with Crippen LogP contribution < -0.4 is 10.5 Å². The van der Waals surface area contributed by atoms with E-state index in [1.165, 1.54) is 24.0 Å². The van der Waals surface area contributed by atoms with Crippen molar-refractivity contribution < 1.29 is 4.74 Å². The summed E-state index contributed by atoms with van der Waals surface area (Å²) in [7, 11) is 0. The second-order valence-corrected chi connectivity index (χ2v) is 5.92. The summed E-state index contributed by atoms with van der Waals surface area (Å²) in [5, 5.41) is 0.747. The van der Waals surface area contributed by atoms with E-state index in [2.05, 4.69) is 19.9 Å². The molecule has 1 saturated carbocycles. The van der Waals surface area contributed by atoms with Gasteiger partial charge in [-0.1, -0.05) is 11.6 Å². The lowest BCUT2D eigenvalue weighted by atomic mass is 9.96. The quantitative estimate of drug-likeness (QED) is 0.890. The number of aryl methyl sites for hydroxylation is 1. The second-order valence-electron chi connectivity index (χ2n) is 5.54. The number of ether oxygens (including phenoxy) is 1. The highest BCUT2D eigenvalue weighted by molar-refractivity contribution is 6.33. The van der Waals surface area contributed by atoms with Crippen molar-refractivity contribution in [1.29, 1.82) is 0 Å². The normalized spacial score (nSPS) is 15.8. The van der Waals surface area contributed by atoms with Gasteiger partial charge in [0.25, 0.3) is 0 Å². The highest BCUT2D eigenvalue weighted by Crippen LogP contribution is 2.35. The fraction of sp³-hybridized carbons (Fsp3) is 0.600. The molecule has 1 aromatic carbocycles. The number of rotatable bonds is 5. The number of nitrogens with two attached hydrogens (primary N) is 1. The molecule has 1 aromatic rings. The maximum absolute atomic E-state index is 6.39. The molecule has 2 N–H and O–H groups in total. The summed E-state index contributed by atoms with van der Waals surface area (Å²) in [6, 6.07) is 2.20. The maximum atomic E-state index is 6.39. The van der Waals surface area contributed by atoms with Gasteiger partial charge in [-0.25, -0.2) is 0 Å². The van der Waals surface area contributed by atoms with E-state index in [1.807, 2.05) is 6.92 Å². The van der Waals surface area contributed by atoms with Gasteiger partial charge in [-0.15, -0.1) is 12.4 Å². The summed E-state index contributed by atoms with van der Waals surface area (Å²) < 4.78 is 5.82. The van der Waals surface area contributed by atoms with Crippen molar-refractivity contribution in [3.8, 4) is 5.75 Å². The van der Waals surface area contributed by atoms with Crippen LogP contribution in [0.3, 0.4) is 0 Å². The Kier molecular flexibility index (Phi) is 5.97. The zero-order valence-electron chi connectivity index (χ0n) is 11.8. The first kappa shape index (κ1) is 16.6. The van der Waals surface area contributed by atoms with Crippen molar-refractivity contribution in [1.82, 2.24) is 0 Å². The molecule has 0 aliphatic heterocycles. The van der Waals surface area contributed by atoms with Crippen LogP contribution in [-0.4, -0.2) is 12.6 Å². The van der Waals surface area contributed by atoms with Crippen LogP contribution in [0.2, 0.25) is 5.02 Å². The molecule has 19 heavy (non-hydrogen) atoms. The van der Waals surface area contributed by atoms with E-state index in [0.29, 0.717) is 0 Å². The van der Waals surface area contributed by atoms with E-state index in [1.54, 1.807) is 0 Å². The summed E-state index contributed by atoms with van der Waals surface area (Å²) in [4.78, 5) is 0. The lowest BCUT2D eigenvalue weighted by Gasteiger charge is -2.17. The molecule has 0 saturated heterocycles. The van der Waals surface area contributed by atoms with Gasteiger partial charge < -0.3 is 10.5 Å². The molecule has 1 atom stereocenters. The van der Waals surface area contributed by atoms with Crippen LogP contribution in [0.25, 0.3) is 0 Å². The first-order chi connectivity index (χ1) is 8.49. The zero-order valence-corrected chi connectivity index (χ0v) is 13.4. The predicted octanol–water partition coefficient (Wildman–Crippen LogP) is 4.06. The Balaban J connectivity index is 0.00000180. The number of halogens is 2. The summed E-state index contributed by atoms with van der Waals surface area (Å²) in [5.41, 5.74) is 9.47. The van der Waals surface area contributed by atoms with Crippen LogP contribution in [-0.2, 0) is 6.42 Å². The summed E-state index contributed by atoms with van der Waals surface area (Å²) in [6.45, 7) is 6.97. The topological polar surface area (TPSA) is 35.2 Å². The molecule has 4 heteroatoms. The molecule has 0 heterocycles.